The van der Waals surface area contributed by atoms with Crippen LogP contribution in [0.15, 0.2) is 29.6 Å². The van der Waals surface area contributed by atoms with Gasteiger partial charge in [-0.2, -0.15) is 0 Å². The number of rotatable bonds is 5. The van der Waals surface area contributed by atoms with Crippen molar-refractivity contribution in [3.63, 3.8) is 0 Å². The lowest BCUT2D eigenvalue weighted by atomic mass is 10.0. The zero-order valence-electron chi connectivity index (χ0n) is 14.8. The smallest absolute Gasteiger partial charge is 0.255 e. The van der Waals surface area contributed by atoms with Crippen molar-refractivity contribution in [3.05, 3.63) is 46.3 Å². The lowest BCUT2D eigenvalue weighted by molar-refractivity contribution is -0.136. The molecule has 0 bridgehead atoms. The highest BCUT2D eigenvalue weighted by Crippen LogP contribution is 2.29. The van der Waals surface area contributed by atoms with Crippen LogP contribution in [0.3, 0.4) is 0 Å². The molecule has 0 aromatic heterocycles. The van der Waals surface area contributed by atoms with E-state index in [4.69, 9.17) is 0 Å². The molecule has 8 heteroatoms. The van der Waals surface area contributed by atoms with Gasteiger partial charge in [0.25, 0.3) is 5.91 Å². The molecule has 27 heavy (non-hydrogen) atoms. The van der Waals surface area contributed by atoms with Gasteiger partial charge in [0.05, 0.1) is 0 Å². The zero-order valence-corrected chi connectivity index (χ0v) is 14.8. The van der Waals surface area contributed by atoms with Crippen LogP contribution in [0.4, 0.5) is 4.39 Å². The van der Waals surface area contributed by atoms with Gasteiger partial charge in [0.1, 0.15) is 11.9 Å². The summed E-state index contributed by atoms with van der Waals surface area (Å²) in [6, 6.07) is 4.94. The van der Waals surface area contributed by atoms with Gasteiger partial charge in [-0.1, -0.05) is 18.2 Å². The molecule has 142 valence electrons. The molecule has 3 N–H and O–H groups in total. The molecule has 4 rings (SSSR count). The first kappa shape index (κ1) is 17.8. The summed E-state index contributed by atoms with van der Waals surface area (Å²) in [6.07, 6.45) is 0.568. The molecule has 0 radical (unpaired) electrons. The Morgan fingerprint density at radius 1 is 1.26 bits per heavy atom. The standard InChI is InChI=1S/C19H21FN4O3/c20-14(13-7-21-8-13)9-22-6-11-2-1-3-12-10-24(19(27)17(11)12)15-4-5-16(25)23-18(15)26/h1-3,15,21-22H,4-10H2,(H,23,25,26). The van der Waals surface area contributed by atoms with Crippen molar-refractivity contribution in [1.82, 2.24) is 20.9 Å². The molecule has 2 saturated heterocycles. The number of fused-ring (bicyclic) bond motifs is 1. The number of nitrogens with zero attached hydrogens (tertiary/aromatic N) is 1. The number of benzene rings is 1. The van der Waals surface area contributed by atoms with Crippen LogP contribution in [0.1, 0.15) is 34.3 Å². The molecule has 3 aliphatic rings. The molecule has 3 heterocycles. The maximum absolute atomic E-state index is 13.9. The molecule has 7 nitrogen and oxygen atoms in total. The molecule has 0 aliphatic carbocycles. The number of hydrogen-bond donors (Lipinski definition) is 3. The van der Waals surface area contributed by atoms with Crippen LogP contribution in [-0.2, 0) is 22.7 Å². The van der Waals surface area contributed by atoms with E-state index in [1.54, 1.807) is 0 Å². The molecule has 1 unspecified atom stereocenters. The number of imide groups is 1. The first-order valence-electron chi connectivity index (χ1n) is 9.08. The summed E-state index contributed by atoms with van der Waals surface area (Å²) in [6.45, 7) is 2.03. The third-order valence-electron chi connectivity index (χ3n) is 5.29. The van der Waals surface area contributed by atoms with Crippen molar-refractivity contribution >= 4 is 17.7 Å². The molecule has 2 fully saturated rings. The van der Waals surface area contributed by atoms with Crippen molar-refractivity contribution in [2.75, 3.05) is 19.6 Å². The topological polar surface area (TPSA) is 90.5 Å². The summed E-state index contributed by atoms with van der Waals surface area (Å²) >= 11 is 0. The molecule has 1 aromatic carbocycles. The quantitative estimate of drug-likeness (QED) is 0.650. The predicted molar refractivity (Wildman–Crippen MR) is 95.2 cm³/mol. The fraction of sp³-hybridized carbons (Fsp3) is 0.421. The second-order valence-corrected chi connectivity index (χ2v) is 7.07. The van der Waals surface area contributed by atoms with E-state index >= 15 is 0 Å². The monoisotopic (exact) mass is 372 g/mol. The van der Waals surface area contributed by atoms with Gasteiger partial charge < -0.3 is 15.5 Å². The Hall–Kier alpha value is -2.58. The van der Waals surface area contributed by atoms with Crippen molar-refractivity contribution < 1.29 is 18.8 Å². The van der Waals surface area contributed by atoms with E-state index in [9.17, 15) is 18.8 Å². The predicted octanol–water partition coefficient (Wildman–Crippen LogP) is 0.364. The van der Waals surface area contributed by atoms with Crippen LogP contribution in [0.25, 0.3) is 0 Å². The minimum Gasteiger partial charge on any atom is -0.322 e. The van der Waals surface area contributed by atoms with E-state index in [1.807, 2.05) is 18.2 Å². The molecule has 1 aromatic rings. The van der Waals surface area contributed by atoms with Gasteiger partial charge >= 0.3 is 0 Å². The molecule has 0 spiro atoms. The van der Waals surface area contributed by atoms with Gasteiger partial charge in [-0.15, -0.1) is 0 Å². The zero-order chi connectivity index (χ0) is 19.0. The maximum atomic E-state index is 13.9. The normalized spacial score (nSPS) is 21.8. The maximum Gasteiger partial charge on any atom is 0.255 e. The van der Waals surface area contributed by atoms with Crippen molar-refractivity contribution in [2.45, 2.75) is 32.0 Å². The van der Waals surface area contributed by atoms with Gasteiger partial charge in [-0.3, -0.25) is 19.7 Å². The summed E-state index contributed by atoms with van der Waals surface area (Å²) < 4.78 is 13.9. The first-order valence-corrected chi connectivity index (χ1v) is 9.08. The highest BCUT2D eigenvalue weighted by Gasteiger charge is 2.39. The van der Waals surface area contributed by atoms with Crippen molar-refractivity contribution in [2.24, 2.45) is 0 Å². The van der Waals surface area contributed by atoms with Crippen LogP contribution in [0.5, 0.6) is 0 Å². The Kier molecular flexibility index (Phi) is 4.75. The van der Waals surface area contributed by atoms with E-state index in [-0.39, 0.29) is 30.6 Å². The number of piperidine rings is 1. The number of amides is 3. The van der Waals surface area contributed by atoms with Crippen LogP contribution in [0.2, 0.25) is 0 Å². The summed E-state index contributed by atoms with van der Waals surface area (Å²) in [4.78, 5) is 38.0. The minimum atomic E-state index is -0.628. The lowest BCUT2D eigenvalue weighted by Crippen LogP contribution is -2.52. The third kappa shape index (κ3) is 3.38. The molecule has 0 saturated carbocycles. The van der Waals surface area contributed by atoms with E-state index in [0.29, 0.717) is 38.2 Å². The average molecular weight is 372 g/mol. The largest absolute Gasteiger partial charge is 0.322 e. The highest BCUT2D eigenvalue weighted by atomic mass is 19.1. The summed E-state index contributed by atoms with van der Waals surface area (Å²) in [5.41, 5.74) is 3.00. The molecule has 1 atom stereocenters. The summed E-state index contributed by atoms with van der Waals surface area (Å²) in [5, 5.41) is 8.36. The Morgan fingerprint density at radius 3 is 2.78 bits per heavy atom. The van der Waals surface area contributed by atoms with E-state index < -0.39 is 11.9 Å². The number of nitrogens with one attached hydrogen (secondary N) is 3. The SMILES string of the molecule is O=C1CCC(N2Cc3cccc(CNCC(F)=C4CNC4)c3C2=O)C(=O)N1. The Morgan fingerprint density at radius 2 is 2.07 bits per heavy atom. The van der Waals surface area contributed by atoms with Crippen molar-refractivity contribution in [1.29, 1.82) is 0 Å². The van der Waals surface area contributed by atoms with Gasteiger partial charge in [-0.05, 0) is 23.1 Å². The molecular formula is C19H21FN4O3. The first-order chi connectivity index (χ1) is 13.0. The summed E-state index contributed by atoms with van der Waals surface area (Å²) in [7, 11) is 0. The number of carbonyl (C=O) groups is 3. The second-order valence-electron chi connectivity index (χ2n) is 7.07. The Labute approximate surface area is 156 Å². The van der Waals surface area contributed by atoms with Crippen LogP contribution >= 0.6 is 0 Å². The minimum absolute atomic E-state index is 0.131. The Balaban J connectivity index is 1.46. The molecule has 3 amide bonds. The fourth-order valence-corrected chi connectivity index (χ4v) is 3.71. The van der Waals surface area contributed by atoms with Gasteiger partial charge in [0.15, 0.2) is 0 Å². The van der Waals surface area contributed by atoms with E-state index in [1.165, 1.54) is 4.90 Å². The Bertz CT molecular complexity index is 845. The van der Waals surface area contributed by atoms with Gasteiger partial charge in [0.2, 0.25) is 11.8 Å². The number of hydrogen-bond acceptors (Lipinski definition) is 5. The third-order valence-corrected chi connectivity index (χ3v) is 5.29. The van der Waals surface area contributed by atoms with Gasteiger partial charge in [0, 0.05) is 44.7 Å². The second kappa shape index (κ2) is 7.21. The van der Waals surface area contributed by atoms with Gasteiger partial charge in [-0.25, -0.2) is 4.39 Å². The number of halogens is 1. The fourth-order valence-electron chi connectivity index (χ4n) is 3.71. The van der Waals surface area contributed by atoms with E-state index in [2.05, 4.69) is 16.0 Å². The lowest BCUT2D eigenvalue weighted by Gasteiger charge is -2.29. The highest BCUT2D eigenvalue weighted by molar-refractivity contribution is 6.05. The summed E-state index contributed by atoms with van der Waals surface area (Å²) in [5.74, 6) is -1.09. The average Bonchev–Trinajstić information content (AvgIpc) is 2.91. The van der Waals surface area contributed by atoms with Crippen molar-refractivity contribution in [3.8, 4) is 0 Å². The molecule has 3 aliphatic heterocycles. The van der Waals surface area contributed by atoms with Crippen LogP contribution in [0, 0.1) is 0 Å². The van der Waals surface area contributed by atoms with Crippen LogP contribution in [-0.4, -0.2) is 48.3 Å². The number of carbonyl (C=O) groups excluding carboxylic acids is 3. The van der Waals surface area contributed by atoms with E-state index in [0.717, 1.165) is 16.7 Å². The van der Waals surface area contributed by atoms with Crippen LogP contribution < -0.4 is 16.0 Å². The molecular weight excluding hydrogens is 351 g/mol.